The summed E-state index contributed by atoms with van der Waals surface area (Å²) in [7, 11) is 0. The molecule has 1 aromatic rings. The molecule has 2 atom stereocenters. The van der Waals surface area contributed by atoms with Gasteiger partial charge in [0.2, 0.25) is 0 Å². The summed E-state index contributed by atoms with van der Waals surface area (Å²) in [4.78, 5) is 17.7. The van der Waals surface area contributed by atoms with E-state index >= 15 is 0 Å². The number of carbonyl (C=O) groups is 1. The van der Waals surface area contributed by atoms with Crippen molar-refractivity contribution in [3.05, 3.63) is 29.6 Å². The number of nitrogens with zero attached hydrogens (tertiary/aromatic N) is 2. The maximum atomic E-state index is 12.0. The molecule has 2 heterocycles. The second-order valence-electron chi connectivity index (χ2n) is 6.29. The lowest BCUT2D eigenvalue weighted by Crippen LogP contribution is -2.35. The van der Waals surface area contributed by atoms with Crippen LogP contribution in [0.5, 0.6) is 0 Å². The first-order valence-corrected chi connectivity index (χ1v) is 6.84. The zero-order chi connectivity index (χ0) is 14.9. The Morgan fingerprint density at radius 3 is 2.75 bits per heavy atom. The molecular formula is C15H22N2O3. The van der Waals surface area contributed by atoms with Crippen molar-refractivity contribution in [2.45, 2.75) is 45.3 Å². The van der Waals surface area contributed by atoms with E-state index in [1.165, 1.54) is 0 Å². The fourth-order valence-electron chi connectivity index (χ4n) is 2.43. The highest BCUT2D eigenvalue weighted by molar-refractivity contribution is 5.69. The molecular weight excluding hydrogens is 256 g/mol. The average Bonchev–Trinajstić information content (AvgIpc) is 2.70. The lowest BCUT2D eigenvalue weighted by Gasteiger charge is -2.24. The van der Waals surface area contributed by atoms with Gasteiger partial charge in [0, 0.05) is 24.9 Å². The number of aliphatic hydroxyl groups is 1. The van der Waals surface area contributed by atoms with Gasteiger partial charge in [-0.2, -0.15) is 0 Å². The predicted octanol–water partition coefficient (Wildman–Crippen LogP) is 2.09. The molecule has 0 spiro atoms. The summed E-state index contributed by atoms with van der Waals surface area (Å²) in [5, 5.41) is 10.2. The Morgan fingerprint density at radius 2 is 2.15 bits per heavy atom. The van der Waals surface area contributed by atoms with Crippen molar-refractivity contribution in [1.82, 2.24) is 9.88 Å². The van der Waals surface area contributed by atoms with Crippen molar-refractivity contribution in [3.63, 3.8) is 0 Å². The van der Waals surface area contributed by atoms with Gasteiger partial charge in [-0.25, -0.2) is 4.79 Å². The van der Waals surface area contributed by atoms with E-state index in [0.29, 0.717) is 13.1 Å². The van der Waals surface area contributed by atoms with E-state index in [4.69, 9.17) is 4.74 Å². The number of aliphatic hydroxyl groups excluding tert-OH is 1. The van der Waals surface area contributed by atoms with Crippen LogP contribution in [-0.2, 0) is 4.74 Å². The van der Waals surface area contributed by atoms with Gasteiger partial charge in [-0.15, -0.1) is 0 Å². The van der Waals surface area contributed by atoms with Gasteiger partial charge in [0.15, 0.2) is 0 Å². The topological polar surface area (TPSA) is 62.7 Å². The smallest absolute Gasteiger partial charge is 0.410 e. The highest BCUT2D eigenvalue weighted by Crippen LogP contribution is 2.30. The van der Waals surface area contributed by atoms with E-state index in [-0.39, 0.29) is 12.0 Å². The van der Waals surface area contributed by atoms with Crippen molar-refractivity contribution < 1.29 is 14.6 Å². The van der Waals surface area contributed by atoms with Crippen LogP contribution < -0.4 is 0 Å². The maximum Gasteiger partial charge on any atom is 0.410 e. The van der Waals surface area contributed by atoms with Gasteiger partial charge in [0.25, 0.3) is 0 Å². The third kappa shape index (κ3) is 3.28. The van der Waals surface area contributed by atoms with Gasteiger partial charge in [-0.3, -0.25) is 4.98 Å². The van der Waals surface area contributed by atoms with Gasteiger partial charge in [-0.1, -0.05) is 0 Å². The molecule has 0 bridgehead atoms. The third-order valence-electron chi connectivity index (χ3n) is 3.42. The quantitative estimate of drug-likeness (QED) is 0.854. The Hall–Kier alpha value is -1.62. The number of aryl methyl sites for hydroxylation is 1. The van der Waals surface area contributed by atoms with Crippen LogP contribution in [0.25, 0.3) is 0 Å². The minimum absolute atomic E-state index is 0.101. The fraction of sp³-hybridized carbons (Fsp3) is 0.600. The standard InChI is InChI=1S/C15H22N2O3/c1-10-5-6-16-7-11(10)12-8-17(9-13(12)18)14(19)20-15(2,3)4/h5-7,12-13,18H,8-9H2,1-4H3. The molecule has 110 valence electrons. The van der Waals surface area contributed by atoms with E-state index in [1.54, 1.807) is 17.3 Å². The summed E-state index contributed by atoms with van der Waals surface area (Å²) in [6, 6.07) is 1.91. The van der Waals surface area contributed by atoms with E-state index in [9.17, 15) is 9.90 Å². The molecule has 1 fully saturated rings. The number of hydrogen-bond acceptors (Lipinski definition) is 4. The first kappa shape index (κ1) is 14.8. The van der Waals surface area contributed by atoms with Crippen LogP contribution in [0.4, 0.5) is 4.79 Å². The second kappa shape index (κ2) is 5.40. The molecule has 5 nitrogen and oxygen atoms in total. The van der Waals surface area contributed by atoms with Crippen LogP contribution >= 0.6 is 0 Å². The Labute approximate surface area is 119 Å². The summed E-state index contributed by atoms with van der Waals surface area (Å²) in [6.07, 6.45) is 2.54. The number of hydrogen-bond donors (Lipinski definition) is 1. The second-order valence-corrected chi connectivity index (χ2v) is 6.29. The van der Waals surface area contributed by atoms with Crippen LogP contribution in [0.2, 0.25) is 0 Å². The number of carbonyl (C=O) groups excluding carboxylic acids is 1. The zero-order valence-corrected chi connectivity index (χ0v) is 12.5. The summed E-state index contributed by atoms with van der Waals surface area (Å²) in [5.41, 5.74) is 1.55. The summed E-state index contributed by atoms with van der Waals surface area (Å²) in [6.45, 7) is 8.25. The zero-order valence-electron chi connectivity index (χ0n) is 12.5. The number of aromatic nitrogens is 1. The highest BCUT2D eigenvalue weighted by Gasteiger charge is 2.37. The molecule has 20 heavy (non-hydrogen) atoms. The van der Waals surface area contributed by atoms with Crippen LogP contribution in [0.1, 0.15) is 37.8 Å². The Kier molecular flexibility index (Phi) is 3.99. The molecule has 1 aromatic heterocycles. The Balaban J connectivity index is 2.10. The number of amides is 1. The van der Waals surface area contributed by atoms with Crippen molar-refractivity contribution in [1.29, 1.82) is 0 Å². The Bertz CT molecular complexity index is 496. The van der Waals surface area contributed by atoms with Crippen molar-refractivity contribution in [3.8, 4) is 0 Å². The summed E-state index contributed by atoms with van der Waals surface area (Å²) < 4.78 is 5.34. The first-order chi connectivity index (χ1) is 9.28. The van der Waals surface area contributed by atoms with Gasteiger partial charge in [0.1, 0.15) is 5.60 Å². The molecule has 1 aliphatic rings. The van der Waals surface area contributed by atoms with Gasteiger partial charge in [-0.05, 0) is 44.9 Å². The largest absolute Gasteiger partial charge is 0.444 e. The SMILES string of the molecule is Cc1ccncc1C1CN(C(=O)OC(C)(C)C)CC1O. The maximum absolute atomic E-state index is 12.0. The molecule has 0 aliphatic carbocycles. The molecule has 1 N–H and O–H groups in total. The minimum Gasteiger partial charge on any atom is -0.444 e. The molecule has 1 aliphatic heterocycles. The molecule has 0 radical (unpaired) electrons. The van der Waals surface area contributed by atoms with E-state index in [0.717, 1.165) is 11.1 Å². The molecule has 0 saturated carbocycles. The lowest BCUT2D eigenvalue weighted by atomic mass is 9.94. The monoisotopic (exact) mass is 278 g/mol. The average molecular weight is 278 g/mol. The molecule has 0 aromatic carbocycles. The number of likely N-dealkylation sites (tertiary alicyclic amines) is 1. The minimum atomic E-state index is -0.578. The normalized spacial score (nSPS) is 22.9. The number of ether oxygens (including phenoxy) is 1. The van der Waals surface area contributed by atoms with E-state index < -0.39 is 11.7 Å². The molecule has 2 unspecified atom stereocenters. The van der Waals surface area contributed by atoms with Crippen molar-refractivity contribution in [2.75, 3.05) is 13.1 Å². The van der Waals surface area contributed by atoms with Crippen LogP contribution in [-0.4, -0.2) is 45.9 Å². The van der Waals surface area contributed by atoms with Gasteiger partial charge >= 0.3 is 6.09 Å². The molecule has 2 rings (SSSR count). The number of β-amino-alcohol motifs (C(OH)–C–C–N with tert-alkyl or cyclic N) is 1. The highest BCUT2D eigenvalue weighted by atomic mass is 16.6. The molecule has 1 amide bonds. The fourth-order valence-corrected chi connectivity index (χ4v) is 2.43. The third-order valence-corrected chi connectivity index (χ3v) is 3.42. The van der Waals surface area contributed by atoms with Gasteiger partial charge in [0.05, 0.1) is 12.6 Å². The summed E-state index contributed by atoms with van der Waals surface area (Å²) >= 11 is 0. The van der Waals surface area contributed by atoms with Crippen LogP contribution in [0.3, 0.4) is 0 Å². The van der Waals surface area contributed by atoms with Gasteiger partial charge < -0.3 is 14.7 Å². The number of pyridine rings is 1. The van der Waals surface area contributed by atoms with Crippen molar-refractivity contribution >= 4 is 6.09 Å². The van der Waals surface area contributed by atoms with Crippen LogP contribution in [0, 0.1) is 6.92 Å². The first-order valence-electron chi connectivity index (χ1n) is 6.84. The number of rotatable bonds is 1. The lowest BCUT2D eigenvalue weighted by molar-refractivity contribution is 0.0270. The Morgan fingerprint density at radius 1 is 1.45 bits per heavy atom. The summed E-state index contributed by atoms with van der Waals surface area (Å²) in [5.74, 6) is -0.101. The van der Waals surface area contributed by atoms with Crippen LogP contribution in [0.15, 0.2) is 18.5 Å². The predicted molar refractivity (Wildman–Crippen MR) is 75.5 cm³/mol. The molecule has 1 saturated heterocycles. The van der Waals surface area contributed by atoms with E-state index in [2.05, 4.69) is 4.98 Å². The van der Waals surface area contributed by atoms with Crippen molar-refractivity contribution in [2.24, 2.45) is 0 Å². The van der Waals surface area contributed by atoms with E-state index in [1.807, 2.05) is 33.8 Å². The molecule has 5 heteroatoms.